The first-order chi connectivity index (χ1) is 9.24. The van der Waals surface area contributed by atoms with Crippen molar-refractivity contribution in [2.75, 3.05) is 17.6 Å². The molecule has 0 fully saturated rings. The first-order valence-corrected chi connectivity index (χ1v) is 6.71. The summed E-state index contributed by atoms with van der Waals surface area (Å²) in [6.45, 7) is 3.04. The van der Waals surface area contributed by atoms with Crippen molar-refractivity contribution in [1.29, 1.82) is 0 Å². The quantitative estimate of drug-likeness (QED) is 0.821. The molecule has 0 radical (unpaired) electrons. The molecule has 3 N–H and O–H groups in total. The highest BCUT2D eigenvalue weighted by Gasteiger charge is 2.16. The van der Waals surface area contributed by atoms with Crippen molar-refractivity contribution in [2.24, 2.45) is 0 Å². The molecule has 1 aliphatic rings. The molecule has 4 nitrogen and oxygen atoms in total. The molecule has 2 heterocycles. The molecule has 3 rings (SSSR count). The second-order valence-corrected chi connectivity index (χ2v) is 5.01. The summed E-state index contributed by atoms with van der Waals surface area (Å²) in [4.78, 5) is 8.80. The number of fused-ring (bicyclic) bond motifs is 1. The number of nitrogen functional groups attached to an aromatic ring is 1. The molecule has 1 aromatic heterocycles. The van der Waals surface area contributed by atoms with E-state index in [1.165, 1.54) is 11.1 Å². The number of aryl methyl sites for hydroxylation is 1. The van der Waals surface area contributed by atoms with Gasteiger partial charge in [0.2, 0.25) is 5.95 Å². The summed E-state index contributed by atoms with van der Waals surface area (Å²) in [5.74, 6) is 1.24. The molecule has 0 amide bonds. The van der Waals surface area contributed by atoms with Crippen LogP contribution in [0.15, 0.2) is 24.3 Å². The Balaban J connectivity index is 2.17. The summed E-state index contributed by atoms with van der Waals surface area (Å²) >= 11 is 0. The summed E-state index contributed by atoms with van der Waals surface area (Å²) in [5, 5.41) is 3.36. The number of rotatable bonds is 1. The highest BCUT2D eigenvalue weighted by molar-refractivity contribution is 5.70. The van der Waals surface area contributed by atoms with Crippen molar-refractivity contribution in [3.8, 4) is 11.3 Å². The van der Waals surface area contributed by atoms with Gasteiger partial charge >= 0.3 is 0 Å². The lowest BCUT2D eigenvalue weighted by atomic mass is 10.0. The second-order valence-electron chi connectivity index (χ2n) is 5.01. The number of hydrogen-bond acceptors (Lipinski definition) is 4. The van der Waals surface area contributed by atoms with Crippen molar-refractivity contribution in [3.63, 3.8) is 0 Å². The van der Waals surface area contributed by atoms with E-state index in [9.17, 15) is 0 Å². The van der Waals surface area contributed by atoms with Crippen molar-refractivity contribution in [1.82, 2.24) is 9.97 Å². The van der Waals surface area contributed by atoms with Crippen molar-refractivity contribution < 1.29 is 0 Å². The van der Waals surface area contributed by atoms with Crippen LogP contribution in [0.1, 0.15) is 24.0 Å². The van der Waals surface area contributed by atoms with Crippen molar-refractivity contribution in [2.45, 2.75) is 26.2 Å². The Bertz CT molecular complexity index is 607. The zero-order valence-electron chi connectivity index (χ0n) is 11.1. The molecule has 0 saturated carbocycles. The first-order valence-electron chi connectivity index (χ1n) is 6.71. The highest BCUT2D eigenvalue weighted by Crippen LogP contribution is 2.30. The Morgan fingerprint density at radius 2 is 2.11 bits per heavy atom. The molecule has 98 valence electrons. The molecule has 0 aliphatic carbocycles. The smallest absolute Gasteiger partial charge is 0.222 e. The van der Waals surface area contributed by atoms with Gasteiger partial charge in [-0.15, -0.1) is 0 Å². The maximum absolute atomic E-state index is 5.85. The molecule has 19 heavy (non-hydrogen) atoms. The van der Waals surface area contributed by atoms with Crippen LogP contribution < -0.4 is 11.1 Å². The number of nitrogens with one attached hydrogen (secondary N) is 1. The van der Waals surface area contributed by atoms with Crippen LogP contribution in [0.5, 0.6) is 0 Å². The third-order valence-electron chi connectivity index (χ3n) is 3.46. The maximum atomic E-state index is 5.85. The molecule has 0 saturated heterocycles. The van der Waals surface area contributed by atoms with Crippen molar-refractivity contribution in [3.05, 3.63) is 35.4 Å². The van der Waals surface area contributed by atoms with Gasteiger partial charge in [0, 0.05) is 17.7 Å². The summed E-state index contributed by atoms with van der Waals surface area (Å²) < 4.78 is 0. The first kappa shape index (κ1) is 12.0. The summed E-state index contributed by atoms with van der Waals surface area (Å²) in [6.07, 6.45) is 3.32. The molecule has 1 aromatic carbocycles. The van der Waals surface area contributed by atoms with E-state index in [1.54, 1.807) is 0 Å². The van der Waals surface area contributed by atoms with Crippen molar-refractivity contribution >= 4 is 11.8 Å². The number of nitrogens with two attached hydrogens (primary N) is 1. The minimum atomic E-state index is 0.338. The van der Waals surface area contributed by atoms with Crippen LogP contribution in [0.4, 0.5) is 11.8 Å². The molecule has 4 heteroatoms. The van der Waals surface area contributed by atoms with E-state index >= 15 is 0 Å². The monoisotopic (exact) mass is 254 g/mol. The predicted molar refractivity (Wildman–Crippen MR) is 78.0 cm³/mol. The lowest BCUT2D eigenvalue weighted by molar-refractivity contribution is 0.785. The number of nitrogens with zero attached hydrogens (tertiary/aromatic N) is 2. The van der Waals surface area contributed by atoms with Gasteiger partial charge in [0.05, 0.1) is 5.69 Å². The van der Waals surface area contributed by atoms with Gasteiger partial charge in [0.1, 0.15) is 5.82 Å². The normalized spacial score (nSPS) is 14.4. The van der Waals surface area contributed by atoms with Crippen LogP contribution in [0.25, 0.3) is 11.3 Å². The van der Waals surface area contributed by atoms with Gasteiger partial charge in [0.15, 0.2) is 0 Å². The van der Waals surface area contributed by atoms with Gasteiger partial charge in [-0.2, -0.15) is 4.98 Å². The minimum absolute atomic E-state index is 0.338. The van der Waals surface area contributed by atoms with Crippen LogP contribution >= 0.6 is 0 Å². The third-order valence-corrected chi connectivity index (χ3v) is 3.46. The predicted octanol–water partition coefficient (Wildman–Crippen LogP) is 2.78. The fraction of sp³-hybridized carbons (Fsp3) is 0.333. The zero-order valence-corrected chi connectivity index (χ0v) is 11.1. The lowest BCUT2D eigenvalue weighted by Crippen LogP contribution is -2.07. The van der Waals surface area contributed by atoms with E-state index in [0.717, 1.165) is 42.9 Å². The standard InChI is InChI=1S/C15H18N4/c1-10-5-4-6-11(9-10)13-12-7-2-3-8-17-14(12)19-15(16)18-13/h4-6,9H,2-3,7-8H2,1H3,(H3,16,17,18,19). The van der Waals surface area contributed by atoms with E-state index in [0.29, 0.717) is 5.95 Å². The summed E-state index contributed by atoms with van der Waals surface area (Å²) in [6, 6.07) is 8.37. The Hall–Kier alpha value is -2.10. The number of benzene rings is 1. The number of hydrogen-bond donors (Lipinski definition) is 2. The molecule has 2 aromatic rings. The maximum Gasteiger partial charge on any atom is 0.222 e. The van der Waals surface area contributed by atoms with E-state index in [-0.39, 0.29) is 0 Å². The molecule has 1 aliphatic heterocycles. The molecular weight excluding hydrogens is 236 g/mol. The van der Waals surface area contributed by atoms with E-state index in [1.807, 2.05) is 0 Å². The number of aromatic nitrogens is 2. The van der Waals surface area contributed by atoms with Gasteiger partial charge in [-0.1, -0.05) is 23.8 Å². The van der Waals surface area contributed by atoms with Crippen LogP contribution in [0.2, 0.25) is 0 Å². The van der Waals surface area contributed by atoms with Crippen LogP contribution in [-0.4, -0.2) is 16.5 Å². The lowest BCUT2D eigenvalue weighted by Gasteiger charge is -2.12. The highest BCUT2D eigenvalue weighted by atomic mass is 15.1. The van der Waals surface area contributed by atoms with Gasteiger partial charge in [-0.3, -0.25) is 0 Å². The Kier molecular flexibility index (Phi) is 3.07. The average molecular weight is 254 g/mol. The number of anilines is 2. The fourth-order valence-electron chi connectivity index (χ4n) is 2.55. The average Bonchev–Trinajstić information content (AvgIpc) is 2.63. The summed E-state index contributed by atoms with van der Waals surface area (Å²) in [7, 11) is 0. The van der Waals surface area contributed by atoms with Crippen LogP contribution in [-0.2, 0) is 6.42 Å². The minimum Gasteiger partial charge on any atom is -0.370 e. The Labute approximate surface area is 113 Å². The van der Waals surface area contributed by atoms with Gasteiger partial charge in [0.25, 0.3) is 0 Å². The van der Waals surface area contributed by atoms with E-state index in [2.05, 4.69) is 46.5 Å². The molecular formula is C15H18N4. The summed E-state index contributed by atoms with van der Waals surface area (Å²) in [5.41, 5.74) is 10.4. The van der Waals surface area contributed by atoms with Crippen LogP contribution in [0.3, 0.4) is 0 Å². The van der Waals surface area contributed by atoms with Gasteiger partial charge < -0.3 is 11.1 Å². The molecule has 0 bridgehead atoms. The van der Waals surface area contributed by atoms with E-state index in [4.69, 9.17) is 5.73 Å². The SMILES string of the molecule is Cc1cccc(-c2nc(N)nc3c2CCCCN3)c1. The third kappa shape index (κ3) is 2.38. The fourth-order valence-corrected chi connectivity index (χ4v) is 2.55. The zero-order chi connectivity index (χ0) is 13.2. The molecule has 0 unspecified atom stereocenters. The molecule has 0 atom stereocenters. The largest absolute Gasteiger partial charge is 0.370 e. The Morgan fingerprint density at radius 1 is 1.21 bits per heavy atom. The van der Waals surface area contributed by atoms with Gasteiger partial charge in [-0.05, 0) is 32.3 Å². The second kappa shape index (κ2) is 4.88. The topological polar surface area (TPSA) is 63.8 Å². The molecule has 0 spiro atoms. The van der Waals surface area contributed by atoms with Gasteiger partial charge in [-0.25, -0.2) is 4.98 Å². The van der Waals surface area contributed by atoms with Crippen LogP contribution in [0, 0.1) is 6.92 Å². The Morgan fingerprint density at radius 3 is 2.95 bits per heavy atom. The van der Waals surface area contributed by atoms with E-state index < -0.39 is 0 Å².